The van der Waals surface area contributed by atoms with Gasteiger partial charge in [0.05, 0.1) is 17.8 Å². The van der Waals surface area contributed by atoms with Gasteiger partial charge in [0.25, 0.3) is 0 Å². The number of carbonyl (C=O) groups is 1. The Bertz CT molecular complexity index is 625. The summed E-state index contributed by atoms with van der Waals surface area (Å²) in [5, 5.41) is 2.83. The Kier molecular flexibility index (Phi) is 3.25. The van der Waals surface area contributed by atoms with Crippen LogP contribution < -0.4 is 15.8 Å². The van der Waals surface area contributed by atoms with Crippen molar-refractivity contribution in [1.29, 1.82) is 0 Å². The van der Waals surface area contributed by atoms with E-state index in [1.165, 1.54) is 0 Å². The first-order chi connectivity index (χ1) is 9.72. The summed E-state index contributed by atoms with van der Waals surface area (Å²) in [5.41, 5.74) is 7.22. The number of rotatable bonds is 2. The summed E-state index contributed by atoms with van der Waals surface area (Å²) in [6.07, 6.45) is 2.23. The molecule has 102 valence electrons. The molecule has 3 N–H and O–H groups in total. The van der Waals surface area contributed by atoms with Crippen LogP contribution in [0.15, 0.2) is 42.6 Å². The predicted octanol–water partition coefficient (Wildman–Crippen LogP) is 1.85. The molecule has 2 heterocycles. The molecule has 5 heteroatoms. The predicted molar refractivity (Wildman–Crippen MR) is 76.4 cm³/mol. The molecule has 5 nitrogen and oxygen atoms in total. The Morgan fingerprint density at radius 2 is 2.15 bits per heavy atom. The SMILES string of the molecule is Nc1ccc(NC(=O)C2COc3ccccc3C2)cn1. The number of nitrogen functional groups attached to an aromatic ring is 1. The number of nitrogens with zero attached hydrogens (tertiary/aromatic N) is 1. The van der Waals surface area contributed by atoms with Crippen LogP contribution in [-0.4, -0.2) is 17.5 Å². The topological polar surface area (TPSA) is 77.2 Å². The van der Waals surface area contributed by atoms with E-state index < -0.39 is 0 Å². The molecule has 1 aromatic heterocycles. The van der Waals surface area contributed by atoms with Gasteiger partial charge in [-0.1, -0.05) is 18.2 Å². The third-order valence-corrected chi connectivity index (χ3v) is 3.30. The number of aromatic nitrogens is 1. The zero-order valence-corrected chi connectivity index (χ0v) is 10.9. The Labute approximate surface area is 116 Å². The highest BCUT2D eigenvalue weighted by molar-refractivity contribution is 5.93. The lowest BCUT2D eigenvalue weighted by Gasteiger charge is -2.24. The van der Waals surface area contributed by atoms with E-state index >= 15 is 0 Å². The Balaban J connectivity index is 1.68. The quantitative estimate of drug-likeness (QED) is 0.872. The van der Waals surface area contributed by atoms with Gasteiger partial charge in [-0.2, -0.15) is 0 Å². The minimum atomic E-state index is -0.192. The summed E-state index contributed by atoms with van der Waals surface area (Å²) >= 11 is 0. The number of ether oxygens (including phenoxy) is 1. The number of hydrogen-bond donors (Lipinski definition) is 2. The van der Waals surface area contributed by atoms with Gasteiger partial charge < -0.3 is 15.8 Å². The van der Waals surface area contributed by atoms with Crippen LogP contribution >= 0.6 is 0 Å². The molecule has 3 rings (SSSR count). The van der Waals surface area contributed by atoms with Gasteiger partial charge in [0.1, 0.15) is 18.2 Å². The van der Waals surface area contributed by atoms with Gasteiger partial charge >= 0.3 is 0 Å². The molecular formula is C15H15N3O2. The molecule has 0 spiro atoms. The van der Waals surface area contributed by atoms with E-state index in [9.17, 15) is 4.79 Å². The smallest absolute Gasteiger partial charge is 0.231 e. The fraction of sp³-hybridized carbons (Fsp3) is 0.200. The van der Waals surface area contributed by atoms with Crippen molar-refractivity contribution in [2.45, 2.75) is 6.42 Å². The molecule has 1 atom stereocenters. The first kappa shape index (κ1) is 12.5. The van der Waals surface area contributed by atoms with Crippen molar-refractivity contribution in [2.24, 2.45) is 5.92 Å². The first-order valence-electron chi connectivity index (χ1n) is 6.45. The van der Waals surface area contributed by atoms with Gasteiger partial charge in [0.15, 0.2) is 0 Å². The third kappa shape index (κ3) is 2.56. The van der Waals surface area contributed by atoms with Crippen molar-refractivity contribution < 1.29 is 9.53 Å². The van der Waals surface area contributed by atoms with Crippen LogP contribution in [0.1, 0.15) is 5.56 Å². The van der Waals surface area contributed by atoms with Crippen LogP contribution in [0.4, 0.5) is 11.5 Å². The summed E-state index contributed by atoms with van der Waals surface area (Å²) in [5.74, 6) is 1.04. The summed E-state index contributed by atoms with van der Waals surface area (Å²) in [4.78, 5) is 16.2. The molecule has 0 saturated carbocycles. The van der Waals surface area contributed by atoms with Gasteiger partial charge in [-0.05, 0) is 30.2 Å². The van der Waals surface area contributed by atoms with Crippen molar-refractivity contribution in [1.82, 2.24) is 4.98 Å². The first-order valence-corrected chi connectivity index (χ1v) is 6.45. The van der Waals surface area contributed by atoms with Crippen molar-refractivity contribution >= 4 is 17.4 Å². The van der Waals surface area contributed by atoms with Crippen molar-refractivity contribution in [2.75, 3.05) is 17.7 Å². The maximum Gasteiger partial charge on any atom is 0.231 e. The number of carbonyl (C=O) groups excluding carboxylic acids is 1. The molecule has 1 amide bonds. The van der Waals surface area contributed by atoms with E-state index in [2.05, 4.69) is 10.3 Å². The molecule has 0 aliphatic carbocycles. The molecule has 0 fully saturated rings. The average molecular weight is 269 g/mol. The fourth-order valence-corrected chi connectivity index (χ4v) is 2.22. The standard InChI is InChI=1S/C15H15N3O2/c16-14-6-5-12(8-17-14)18-15(19)11-7-10-3-1-2-4-13(10)20-9-11/h1-6,8,11H,7,9H2,(H2,16,17)(H,18,19). The average Bonchev–Trinajstić information content (AvgIpc) is 2.49. The van der Waals surface area contributed by atoms with E-state index in [0.717, 1.165) is 11.3 Å². The number of para-hydroxylation sites is 1. The Hall–Kier alpha value is -2.56. The van der Waals surface area contributed by atoms with Crippen LogP contribution in [0, 0.1) is 5.92 Å². The maximum atomic E-state index is 12.2. The second-order valence-electron chi connectivity index (χ2n) is 4.78. The summed E-state index contributed by atoms with van der Waals surface area (Å²) in [6, 6.07) is 11.2. The number of nitrogens with one attached hydrogen (secondary N) is 1. The number of fused-ring (bicyclic) bond motifs is 1. The number of anilines is 2. The van der Waals surface area contributed by atoms with E-state index in [1.807, 2.05) is 24.3 Å². The highest BCUT2D eigenvalue weighted by Gasteiger charge is 2.25. The number of benzene rings is 1. The van der Waals surface area contributed by atoms with Gasteiger partial charge in [-0.15, -0.1) is 0 Å². The second kappa shape index (κ2) is 5.21. The van der Waals surface area contributed by atoms with Gasteiger partial charge in [-0.25, -0.2) is 4.98 Å². The number of amides is 1. The number of hydrogen-bond acceptors (Lipinski definition) is 4. The molecule has 1 aliphatic heterocycles. The third-order valence-electron chi connectivity index (χ3n) is 3.30. The molecule has 0 saturated heterocycles. The lowest BCUT2D eigenvalue weighted by Crippen LogP contribution is -2.32. The monoisotopic (exact) mass is 269 g/mol. The minimum Gasteiger partial charge on any atom is -0.492 e. The van der Waals surface area contributed by atoms with Gasteiger partial charge in [0.2, 0.25) is 5.91 Å². The lowest BCUT2D eigenvalue weighted by molar-refractivity contribution is -0.121. The molecular weight excluding hydrogens is 254 g/mol. The summed E-state index contributed by atoms with van der Waals surface area (Å²) in [7, 11) is 0. The molecule has 2 aromatic rings. The van der Waals surface area contributed by atoms with Crippen molar-refractivity contribution in [3.05, 3.63) is 48.2 Å². The van der Waals surface area contributed by atoms with Crippen LogP contribution in [-0.2, 0) is 11.2 Å². The Morgan fingerprint density at radius 3 is 2.95 bits per heavy atom. The van der Waals surface area contributed by atoms with E-state index in [4.69, 9.17) is 10.5 Å². The van der Waals surface area contributed by atoms with Crippen LogP contribution in [0.25, 0.3) is 0 Å². The molecule has 1 aromatic carbocycles. The van der Waals surface area contributed by atoms with Crippen LogP contribution in [0.3, 0.4) is 0 Å². The number of pyridine rings is 1. The normalized spacial score (nSPS) is 16.9. The zero-order chi connectivity index (χ0) is 13.9. The fourth-order valence-electron chi connectivity index (χ4n) is 2.22. The minimum absolute atomic E-state index is 0.0638. The van der Waals surface area contributed by atoms with E-state index in [0.29, 0.717) is 24.5 Å². The van der Waals surface area contributed by atoms with Crippen LogP contribution in [0.5, 0.6) is 5.75 Å². The zero-order valence-electron chi connectivity index (χ0n) is 10.9. The summed E-state index contributed by atoms with van der Waals surface area (Å²) in [6.45, 7) is 0.394. The van der Waals surface area contributed by atoms with E-state index in [-0.39, 0.29) is 11.8 Å². The second-order valence-corrected chi connectivity index (χ2v) is 4.78. The summed E-state index contributed by atoms with van der Waals surface area (Å²) < 4.78 is 5.62. The highest BCUT2D eigenvalue weighted by Crippen LogP contribution is 2.27. The largest absolute Gasteiger partial charge is 0.492 e. The maximum absolute atomic E-state index is 12.2. The molecule has 0 bridgehead atoms. The highest BCUT2D eigenvalue weighted by atomic mass is 16.5. The van der Waals surface area contributed by atoms with E-state index in [1.54, 1.807) is 18.3 Å². The Morgan fingerprint density at radius 1 is 1.30 bits per heavy atom. The van der Waals surface area contributed by atoms with Crippen molar-refractivity contribution in [3.63, 3.8) is 0 Å². The van der Waals surface area contributed by atoms with Crippen LogP contribution in [0.2, 0.25) is 0 Å². The molecule has 0 radical (unpaired) electrons. The number of nitrogens with two attached hydrogens (primary N) is 1. The molecule has 1 aliphatic rings. The van der Waals surface area contributed by atoms with Gasteiger partial charge in [-0.3, -0.25) is 4.79 Å². The lowest BCUT2D eigenvalue weighted by atomic mass is 9.96. The molecule has 1 unspecified atom stereocenters. The van der Waals surface area contributed by atoms with Gasteiger partial charge in [0, 0.05) is 0 Å². The van der Waals surface area contributed by atoms with Crippen molar-refractivity contribution in [3.8, 4) is 5.75 Å². The molecule has 20 heavy (non-hydrogen) atoms.